The maximum absolute atomic E-state index is 13.2. The van der Waals surface area contributed by atoms with Crippen molar-refractivity contribution in [2.24, 2.45) is 4.99 Å². The normalized spacial score (nSPS) is 10.8. The molecule has 0 saturated heterocycles. The number of nitrogens with one attached hydrogen (secondary N) is 3. The van der Waals surface area contributed by atoms with Gasteiger partial charge in [-0.3, -0.25) is 9.79 Å². The Labute approximate surface area is 183 Å². The van der Waals surface area contributed by atoms with E-state index in [9.17, 15) is 9.18 Å². The maximum atomic E-state index is 13.2. The van der Waals surface area contributed by atoms with Crippen LogP contribution in [0.25, 0.3) is 0 Å². The van der Waals surface area contributed by atoms with E-state index in [1.807, 2.05) is 32.0 Å². The van der Waals surface area contributed by atoms with Crippen molar-refractivity contribution in [3.05, 3.63) is 71.0 Å². The van der Waals surface area contributed by atoms with Gasteiger partial charge in [-0.2, -0.15) is 0 Å². The first-order valence-corrected chi connectivity index (χ1v) is 9.20. The number of guanidine groups is 1. The zero-order valence-electron chi connectivity index (χ0n) is 16.3. The molecule has 2 rings (SSSR count). The third kappa shape index (κ3) is 8.24. The summed E-state index contributed by atoms with van der Waals surface area (Å²) in [5.41, 5.74) is 2.67. The average molecular weight is 498 g/mol. The molecule has 0 aliphatic heterocycles. The molecule has 0 bridgehead atoms. The molecule has 152 valence electrons. The first-order chi connectivity index (χ1) is 13.1. The smallest absolute Gasteiger partial charge is 0.251 e. The second kappa shape index (κ2) is 13.1. The van der Waals surface area contributed by atoms with Crippen LogP contribution in [0.1, 0.15) is 28.4 Å². The molecule has 0 aliphatic rings. The molecule has 0 spiro atoms. The molecular weight excluding hydrogens is 470 g/mol. The van der Waals surface area contributed by atoms with Gasteiger partial charge >= 0.3 is 0 Å². The third-order valence-corrected chi connectivity index (χ3v) is 4.04. The van der Waals surface area contributed by atoms with Gasteiger partial charge < -0.3 is 16.0 Å². The van der Waals surface area contributed by atoms with Crippen LogP contribution in [0.2, 0.25) is 0 Å². The summed E-state index contributed by atoms with van der Waals surface area (Å²) in [4.78, 5) is 16.5. The summed E-state index contributed by atoms with van der Waals surface area (Å²) in [6, 6.07) is 13.9. The molecule has 28 heavy (non-hydrogen) atoms. The largest absolute Gasteiger partial charge is 0.357 e. The summed E-state index contributed by atoms with van der Waals surface area (Å²) in [7, 11) is 0. The van der Waals surface area contributed by atoms with Gasteiger partial charge in [0.15, 0.2) is 5.96 Å². The summed E-state index contributed by atoms with van der Waals surface area (Å²) in [6.07, 6.45) is 0.743. The second-order valence-electron chi connectivity index (χ2n) is 6.13. The Balaban J connectivity index is 0.00000392. The number of carbonyl (C=O) groups is 1. The van der Waals surface area contributed by atoms with Gasteiger partial charge in [0, 0.05) is 31.7 Å². The lowest BCUT2D eigenvalue weighted by Crippen LogP contribution is -2.41. The minimum atomic E-state index is -0.215. The van der Waals surface area contributed by atoms with E-state index in [1.54, 1.807) is 18.2 Å². The van der Waals surface area contributed by atoms with Crippen LogP contribution in [0.3, 0.4) is 0 Å². The van der Waals surface area contributed by atoms with Gasteiger partial charge in [0.2, 0.25) is 0 Å². The van der Waals surface area contributed by atoms with E-state index in [0.29, 0.717) is 31.2 Å². The standard InChI is InChI=1S/C21H27FN4O.HI/c1-3-23-21(25-12-11-17-9-10-19(22)15-16(17)2)26-14-13-24-20(27)18-7-5-4-6-8-18;/h4-10,15H,3,11-14H2,1-2H3,(H,24,27)(H2,23,25,26);1H. The van der Waals surface area contributed by atoms with Crippen LogP contribution < -0.4 is 16.0 Å². The number of hydrogen-bond acceptors (Lipinski definition) is 2. The molecule has 3 N–H and O–H groups in total. The minimum absolute atomic E-state index is 0. The van der Waals surface area contributed by atoms with E-state index in [2.05, 4.69) is 20.9 Å². The molecule has 1 amide bonds. The zero-order valence-corrected chi connectivity index (χ0v) is 18.6. The van der Waals surface area contributed by atoms with Crippen molar-refractivity contribution < 1.29 is 9.18 Å². The van der Waals surface area contributed by atoms with Gasteiger partial charge in [-0.15, -0.1) is 24.0 Å². The molecule has 0 heterocycles. The van der Waals surface area contributed by atoms with Gasteiger partial charge in [-0.05, 0) is 55.7 Å². The number of nitrogens with zero attached hydrogens (tertiary/aromatic N) is 1. The lowest BCUT2D eigenvalue weighted by molar-refractivity contribution is 0.0954. The molecule has 7 heteroatoms. The topological polar surface area (TPSA) is 65.5 Å². The highest BCUT2D eigenvalue weighted by molar-refractivity contribution is 14.0. The van der Waals surface area contributed by atoms with Gasteiger partial charge in [0.1, 0.15) is 5.82 Å². The van der Waals surface area contributed by atoms with E-state index < -0.39 is 0 Å². The Hall–Kier alpha value is -2.16. The van der Waals surface area contributed by atoms with Crippen LogP contribution in [0, 0.1) is 12.7 Å². The Morgan fingerprint density at radius 1 is 1.04 bits per heavy atom. The first kappa shape index (κ1) is 23.9. The number of amides is 1. The predicted molar refractivity (Wildman–Crippen MR) is 123 cm³/mol. The lowest BCUT2D eigenvalue weighted by atomic mass is 10.1. The number of aliphatic imine (C=N–C) groups is 1. The molecule has 0 saturated carbocycles. The first-order valence-electron chi connectivity index (χ1n) is 9.20. The van der Waals surface area contributed by atoms with Crippen molar-refractivity contribution in [2.75, 3.05) is 26.2 Å². The molecule has 0 radical (unpaired) electrons. The number of halogens is 2. The van der Waals surface area contributed by atoms with Gasteiger partial charge in [0.25, 0.3) is 5.91 Å². The maximum Gasteiger partial charge on any atom is 0.251 e. The molecule has 5 nitrogen and oxygen atoms in total. The van der Waals surface area contributed by atoms with Crippen LogP contribution in [-0.2, 0) is 6.42 Å². The van der Waals surface area contributed by atoms with E-state index in [-0.39, 0.29) is 35.7 Å². The molecule has 0 unspecified atom stereocenters. The van der Waals surface area contributed by atoms with Crippen molar-refractivity contribution in [1.29, 1.82) is 0 Å². The Morgan fingerprint density at radius 3 is 2.43 bits per heavy atom. The minimum Gasteiger partial charge on any atom is -0.357 e. The van der Waals surface area contributed by atoms with Crippen molar-refractivity contribution in [3.8, 4) is 0 Å². The molecule has 2 aromatic rings. The number of hydrogen-bond donors (Lipinski definition) is 3. The molecule has 0 atom stereocenters. The molecule has 0 aliphatic carbocycles. The highest BCUT2D eigenvalue weighted by atomic mass is 127. The Bertz CT molecular complexity index is 768. The second-order valence-corrected chi connectivity index (χ2v) is 6.13. The number of rotatable bonds is 8. The number of carbonyl (C=O) groups excluding carboxylic acids is 1. The highest BCUT2D eigenvalue weighted by Gasteiger charge is 2.04. The quantitative estimate of drug-likeness (QED) is 0.227. The van der Waals surface area contributed by atoms with E-state index in [0.717, 1.165) is 24.1 Å². The van der Waals surface area contributed by atoms with Crippen LogP contribution in [-0.4, -0.2) is 38.0 Å². The summed E-state index contributed by atoms with van der Waals surface area (Å²) in [5, 5.41) is 9.25. The van der Waals surface area contributed by atoms with E-state index in [4.69, 9.17) is 0 Å². The fourth-order valence-corrected chi connectivity index (χ4v) is 2.62. The van der Waals surface area contributed by atoms with Crippen LogP contribution >= 0.6 is 24.0 Å². The molecular formula is C21H28FIN4O. The summed E-state index contributed by atoms with van der Waals surface area (Å²) >= 11 is 0. The van der Waals surface area contributed by atoms with Crippen molar-refractivity contribution in [3.63, 3.8) is 0 Å². The third-order valence-electron chi connectivity index (χ3n) is 4.04. The SMILES string of the molecule is CCNC(=NCCc1ccc(F)cc1C)NCCNC(=O)c1ccccc1.I. The van der Waals surface area contributed by atoms with E-state index >= 15 is 0 Å². The van der Waals surface area contributed by atoms with Crippen LogP contribution in [0.5, 0.6) is 0 Å². The highest BCUT2D eigenvalue weighted by Crippen LogP contribution is 2.10. The molecule has 0 aromatic heterocycles. The Kier molecular flexibility index (Phi) is 11.2. The van der Waals surface area contributed by atoms with Gasteiger partial charge in [-0.1, -0.05) is 24.3 Å². The fourth-order valence-electron chi connectivity index (χ4n) is 2.62. The summed E-state index contributed by atoms with van der Waals surface area (Å²) in [5.74, 6) is 0.393. The summed E-state index contributed by atoms with van der Waals surface area (Å²) < 4.78 is 13.2. The monoisotopic (exact) mass is 498 g/mol. The molecule has 0 fully saturated rings. The zero-order chi connectivity index (χ0) is 19.5. The van der Waals surface area contributed by atoms with Crippen molar-refractivity contribution in [1.82, 2.24) is 16.0 Å². The lowest BCUT2D eigenvalue weighted by Gasteiger charge is -2.12. The fraction of sp³-hybridized carbons (Fsp3) is 0.333. The van der Waals surface area contributed by atoms with Gasteiger partial charge in [-0.25, -0.2) is 4.39 Å². The van der Waals surface area contributed by atoms with Crippen molar-refractivity contribution in [2.45, 2.75) is 20.3 Å². The Morgan fingerprint density at radius 2 is 1.75 bits per heavy atom. The van der Waals surface area contributed by atoms with E-state index in [1.165, 1.54) is 12.1 Å². The van der Waals surface area contributed by atoms with Crippen LogP contribution in [0.4, 0.5) is 4.39 Å². The van der Waals surface area contributed by atoms with Crippen LogP contribution in [0.15, 0.2) is 53.5 Å². The number of aryl methyl sites for hydroxylation is 1. The predicted octanol–water partition coefficient (Wildman–Crippen LogP) is 3.28. The summed E-state index contributed by atoms with van der Waals surface area (Å²) in [6.45, 7) is 6.31. The molecule has 2 aromatic carbocycles. The average Bonchev–Trinajstić information content (AvgIpc) is 2.67. The van der Waals surface area contributed by atoms with Gasteiger partial charge in [0.05, 0.1) is 0 Å². The number of benzene rings is 2. The van der Waals surface area contributed by atoms with Crippen molar-refractivity contribution >= 4 is 35.8 Å².